The lowest BCUT2D eigenvalue weighted by atomic mass is 10.0. The van der Waals surface area contributed by atoms with Gasteiger partial charge in [0.2, 0.25) is 11.6 Å². The summed E-state index contributed by atoms with van der Waals surface area (Å²) in [5.41, 5.74) is 11.8. The number of nitrogens with two attached hydrogens (primary N) is 1. The molecular weight excluding hydrogens is 493 g/mol. The third kappa shape index (κ3) is 4.68. The van der Waals surface area contributed by atoms with Gasteiger partial charge in [0.05, 0.1) is 23.5 Å². The zero-order chi connectivity index (χ0) is 24.4. The highest BCUT2D eigenvalue weighted by molar-refractivity contribution is 6.36. The highest BCUT2D eigenvalue weighted by atomic mass is 35.5. The van der Waals surface area contributed by atoms with Crippen LogP contribution in [0.2, 0.25) is 10.0 Å². The van der Waals surface area contributed by atoms with Crippen LogP contribution >= 0.6 is 23.2 Å². The molecule has 3 N–H and O–H groups in total. The van der Waals surface area contributed by atoms with Crippen LogP contribution in [0.5, 0.6) is 0 Å². The number of carbonyl (C=O) groups is 1. The maximum absolute atomic E-state index is 13.0. The van der Waals surface area contributed by atoms with Gasteiger partial charge < -0.3 is 10.6 Å². The Labute approximate surface area is 209 Å². The molecule has 2 aromatic carbocycles. The van der Waals surface area contributed by atoms with Crippen molar-refractivity contribution in [3.05, 3.63) is 75.0 Å². The average molecular weight is 512 g/mol. The number of halogens is 2. The molecule has 0 saturated carbocycles. The van der Waals surface area contributed by atoms with Crippen LogP contribution in [0, 0.1) is 0 Å². The van der Waals surface area contributed by atoms with E-state index < -0.39 is 5.91 Å². The molecule has 0 bridgehead atoms. The van der Waals surface area contributed by atoms with E-state index in [1.165, 1.54) is 16.5 Å². The lowest BCUT2D eigenvalue weighted by Crippen LogP contribution is -2.31. The molecule has 0 unspecified atom stereocenters. The molecule has 0 aliphatic carbocycles. The first-order valence-corrected chi connectivity index (χ1v) is 11.4. The predicted octanol–water partition coefficient (Wildman–Crippen LogP) is 3.26. The van der Waals surface area contributed by atoms with Crippen molar-refractivity contribution < 1.29 is 9.42 Å². The largest absolute Gasteiger partial charge is 0.378 e. The smallest absolute Gasteiger partial charge is 0.293 e. The number of aromatic nitrogens is 5. The molecule has 1 amide bonds. The van der Waals surface area contributed by atoms with E-state index in [0.29, 0.717) is 27.8 Å². The van der Waals surface area contributed by atoms with Crippen molar-refractivity contribution in [3.8, 4) is 5.82 Å². The molecule has 0 spiro atoms. The summed E-state index contributed by atoms with van der Waals surface area (Å²) in [7, 11) is 0. The minimum atomic E-state index is -0.562. The minimum absolute atomic E-state index is 0.0255. The molecule has 0 saturated heterocycles. The second kappa shape index (κ2) is 9.72. The summed E-state index contributed by atoms with van der Waals surface area (Å²) >= 11 is 12.1. The van der Waals surface area contributed by atoms with Crippen LogP contribution in [0.15, 0.2) is 52.2 Å². The summed E-state index contributed by atoms with van der Waals surface area (Å²) < 4.78 is 6.09. The van der Waals surface area contributed by atoms with Crippen molar-refractivity contribution in [1.82, 2.24) is 30.7 Å². The molecule has 13 heteroatoms. The van der Waals surface area contributed by atoms with E-state index in [1.807, 2.05) is 12.1 Å². The van der Waals surface area contributed by atoms with Gasteiger partial charge in [-0.25, -0.2) is 10.1 Å². The SMILES string of the molecule is Nc1nonc1-n1nnc(C(=O)N/N=C/c2ccc(Cl)cc2Cl)c1CN1CCCc2ccccc21. The number of hydrogen-bond donors (Lipinski definition) is 2. The van der Waals surface area contributed by atoms with Gasteiger partial charge in [0.25, 0.3) is 5.91 Å². The number of rotatable bonds is 6. The van der Waals surface area contributed by atoms with Gasteiger partial charge in [0, 0.05) is 22.8 Å². The van der Waals surface area contributed by atoms with E-state index in [-0.39, 0.29) is 17.3 Å². The van der Waals surface area contributed by atoms with Crippen LogP contribution in [-0.2, 0) is 13.0 Å². The molecule has 2 aromatic heterocycles. The first-order valence-electron chi connectivity index (χ1n) is 10.7. The van der Waals surface area contributed by atoms with Gasteiger partial charge in [-0.05, 0) is 46.9 Å². The molecule has 0 radical (unpaired) electrons. The van der Waals surface area contributed by atoms with E-state index in [1.54, 1.807) is 18.2 Å². The highest BCUT2D eigenvalue weighted by Gasteiger charge is 2.27. The summed E-state index contributed by atoms with van der Waals surface area (Å²) in [6.45, 7) is 1.12. The van der Waals surface area contributed by atoms with E-state index in [0.717, 1.165) is 25.1 Å². The normalized spacial score (nSPS) is 13.3. The molecule has 4 aromatic rings. The van der Waals surface area contributed by atoms with Gasteiger partial charge in [0.1, 0.15) is 0 Å². The molecule has 1 aliphatic rings. The molecule has 0 atom stereocenters. The topological polar surface area (TPSA) is 140 Å². The Morgan fingerprint density at radius 3 is 2.89 bits per heavy atom. The van der Waals surface area contributed by atoms with Crippen LogP contribution in [0.3, 0.4) is 0 Å². The summed E-state index contributed by atoms with van der Waals surface area (Å²) in [6.07, 6.45) is 3.38. The zero-order valence-electron chi connectivity index (χ0n) is 18.2. The second-order valence-corrected chi connectivity index (χ2v) is 8.63. The molecule has 0 fully saturated rings. The highest BCUT2D eigenvalue weighted by Crippen LogP contribution is 2.29. The van der Waals surface area contributed by atoms with E-state index in [9.17, 15) is 4.79 Å². The maximum Gasteiger partial charge on any atom is 0.293 e. The number of para-hydroxylation sites is 1. The third-order valence-corrected chi connectivity index (χ3v) is 6.12. The Morgan fingerprint density at radius 2 is 2.09 bits per heavy atom. The van der Waals surface area contributed by atoms with Crippen molar-refractivity contribution in [2.45, 2.75) is 19.4 Å². The van der Waals surface area contributed by atoms with E-state index >= 15 is 0 Å². The lowest BCUT2D eigenvalue weighted by molar-refractivity contribution is 0.0949. The van der Waals surface area contributed by atoms with Crippen molar-refractivity contribution in [2.24, 2.45) is 5.10 Å². The fourth-order valence-electron chi connectivity index (χ4n) is 3.90. The molecule has 1 aliphatic heterocycles. The Balaban J connectivity index is 1.45. The zero-order valence-corrected chi connectivity index (χ0v) is 19.7. The first-order chi connectivity index (χ1) is 17.0. The number of fused-ring (bicyclic) bond motifs is 1. The molecule has 3 heterocycles. The summed E-state index contributed by atoms with van der Waals surface area (Å²) in [6, 6.07) is 13.1. The van der Waals surface area contributed by atoms with Gasteiger partial charge in [-0.3, -0.25) is 4.79 Å². The van der Waals surface area contributed by atoms with Gasteiger partial charge in [0.15, 0.2) is 5.69 Å². The number of hydrogen-bond acceptors (Lipinski definition) is 9. The van der Waals surface area contributed by atoms with Crippen LogP contribution in [0.25, 0.3) is 5.82 Å². The number of nitrogen functional groups attached to an aromatic ring is 1. The molecule has 35 heavy (non-hydrogen) atoms. The van der Waals surface area contributed by atoms with Crippen molar-refractivity contribution in [1.29, 1.82) is 0 Å². The summed E-state index contributed by atoms with van der Waals surface area (Å²) in [4.78, 5) is 15.2. The Morgan fingerprint density at radius 1 is 1.23 bits per heavy atom. The number of aryl methyl sites for hydroxylation is 1. The number of nitrogens with one attached hydrogen (secondary N) is 1. The van der Waals surface area contributed by atoms with Crippen LogP contribution in [0.1, 0.15) is 33.7 Å². The summed E-state index contributed by atoms with van der Waals surface area (Å²) in [5, 5.41) is 20.5. The number of benzene rings is 2. The van der Waals surface area contributed by atoms with Gasteiger partial charge in [-0.15, -0.1) is 5.10 Å². The fourth-order valence-corrected chi connectivity index (χ4v) is 4.36. The van der Waals surface area contributed by atoms with E-state index in [4.69, 9.17) is 33.6 Å². The van der Waals surface area contributed by atoms with Crippen molar-refractivity contribution in [2.75, 3.05) is 17.2 Å². The number of hydrazone groups is 1. The first kappa shape index (κ1) is 22.8. The quantitative estimate of drug-likeness (QED) is 0.296. The Hall–Kier alpha value is -3.96. The number of anilines is 2. The van der Waals surface area contributed by atoms with Gasteiger partial charge in [-0.2, -0.15) is 9.78 Å². The van der Waals surface area contributed by atoms with Crippen LogP contribution in [-0.4, -0.2) is 44.0 Å². The van der Waals surface area contributed by atoms with Crippen molar-refractivity contribution >= 4 is 46.8 Å². The van der Waals surface area contributed by atoms with E-state index in [2.05, 4.69) is 48.2 Å². The minimum Gasteiger partial charge on any atom is -0.378 e. The van der Waals surface area contributed by atoms with Gasteiger partial charge in [-0.1, -0.05) is 52.7 Å². The number of nitrogens with zero attached hydrogens (tertiary/aromatic N) is 7. The molecule has 178 valence electrons. The molecular formula is C22H19Cl2N9O2. The number of amides is 1. The van der Waals surface area contributed by atoms with Crippen molar-refractivity contribution in [3.63, 3.8) is 0 Å². The number of carbonyl (C=O) groups excluding carboxylic acids is 1. The standard InChI is InChI=1S/C22H19Cl2N9O2/c23-15-8-7-14(16(24)10-15)11-26-28-22(34)19-18(33(31-27-19)21-20(25)29-35-30-21)12-32-9-3-5-13-4-1-2-6-17(13)32/h1-2,4,6-8,10-11H,3,5,9,12H2,(H2,25,29)(H,28,34)/b26-11+. The predicted molar refractivity (Wildman–Crippen MR) is 131 cm³/mol. The molecule has 5 rings (SSSR count). The second-order valence-electron chi connectivity index (χ2n) is 7.79. The fraction of sp³-hybridized carbons (Fsp3) is 0.182. The Kier molecular flexibility index (Phi) is 6.34. The third-order valence-electron chi connectivity index (χ3n) is 5.55. The van der Waals surface area contributed by atoms with Crippen LogP contribution in [0.4, 0.5) is 11.5 Å². The van der Waals surface area contributed by atoms with Crippen LogP contribution < -0.4 is 16.1 Å². The monoisotopic (exact) mass is 511 g/mol. The average Bonchev–Trinajstić information content (AvgIpc) is 3.46. The molecule has 11 nitrogen and oxygen atoms in total. The van der Waals surface area contributed by atoms with Gasteiger partial charge >= 0.3 is 0 Å². The maximum atomic E-state index is 13.0. The summed E-state index contributed by atoms with van der Waals surface area (Å²) in [5.74, 6) is -0.390. The lowest BCUT2D eigenvalue weighted by Gasteiger charge is -2.31. The Bertz CT molecular complexity index is 1420.